The van der Waals surface area contributed by atoms with Crippen LogP contribution in [-0.2, 0) is 6.54 Å². The number of nitrogen functional groups attached to an aromatic ring is 1. The highest BCUT2D eigenvalue weighted by Crippen LogP contribution is 2.28. The van der Waals surface area contributed by atoms with Gasteiger partial charge >= 0.3 is 0 Å². The van der Waals surface area contributed by atoms with E-state index in [1.54, 1.807) is 0 Å². The Balaban J connectivity index is 2.72. The minimum Gasteiger partial charge on any atom is -0.395 e. The lowest BCUT2D eigenvalue weighted by molar-refractivity contribution is 0.602. The molecule has 0 aliphatic heterocycles. The van der Waals surface area contributed by atoms with E-state index in [4.69, 9.17) is 5.73 Å². The van der Waals surface area contributed by atoms with Crippen LogP contribution in [0.3, 0.4) is 0 Å². The molecule has 0 fully saturated rings. The van der Waals surface area contributed by atoms with Gasteiger partial charge < -0.3 is 5.73 Å². The summed E-state index contributed by atoms with van der Waals surface area (Å²) >= 11 is 1.82. The highest BCUT2D eigenvalue weighted by Gasteiger charge is 2.10. The fourth-order valence-corrected chi connectivity index (χ4v) is 2.50. The number of aryl methyl sites for hydroxylation is 2. The van der Waals surface area contributed by atoms with E-state index >= 15 is 0 Å². The Bertz CT molecular complexity index is 294. The average Bonchev–Trinajstić information content (AvgIpc) is 2.45. The first kappa shape index (κ1) is 11.4. The second-order valence-electron chi connectivity index (χ2n) is 3.32. The molecule has 1 aromatic heterocycles. The molecule has 80 valence electrons. The summed E-state index contributed by atoms with van der Waals surface area (Å²) in [5.74, 6) is 1.13. The number of hydrogen-bond acceptors (Lipinski definition) is 3. The van der Waals surface area contributed by atoms with Gasteiger partial charge in [-0.2, -0.15) is 5.10 Å². The number of nitrogens with two attached hydrogens (primary N) is 1. The van der Waals surface area contributed by atoms with Gasteiger partial charge in [0, 0.05) is 6.54 Å². The lowest BCUT2D eigenvalue weighted by atomic mass is 10.4. The van der Waals surface area contributed by atoms with Crippen molar-refractivity contribution in [2.75, 3.05) is 11.5 Å². The molecule has 1 heterocycles. The maximum absolute atomic E-state index is 5.96. The molecule has 1 aromatic rings. The van der Waals surface area contributed by atoms with Crippen molar-refractivity contribution in [2.24, 2.45) is 0 Å². The van der Waals surface area contributed by atoms with E-state index in [2.05, 4.69) is 18.9 Å². The van der Waals surface area contributed by atoms with Gasteiger partial charge in [-0.05, 0) is 26.0 Å². The van der Waals surface area contributed by atoms with Crippen molar-refractivity contribution in [3.8, 4) is 0 Å². The molecule has 0 atom stereocenters. The SMILES string of the molecule is CCCCSc1c(N)c(C)nn1CC. The highest BCUT2D eigenvalue weighted by atomic mass is 32.2. The quantitative estimate of drug-likeness (QED) is 0.604. The predicted octanol–water partition coefficient (Wildman–Crippen LogP) is 2.69. The molecular formula is C10H19N3S. The minimum atomic E-state index is 0.855. The summed E-state index contributed by atoms with van der Waals surface area (Å²) in [6.45, 7) is 7.15. The third kappa shape index (κ3) is 2.44. The molecule has 0 aromatic carbocycles. The number of hydrogen-bond donors (Lipinski definition) is 1. The normalized spacial score (nSPS) is 10.8. The van der Waals surface area contributed by atoms with E-state index in [9.17, 15) is 0 Å². The summed E-state index contributed by atoms with van der Waals surface area (Å²) in [5.41, 5.74) is 7.76. The molecule has 2 N–H and O–H groups in total. The van der Waals surface area contributed by atoms with Gasteiger partial charge in [0.25, 0.3) is 0 Å². The molecule has 0 spiro atoms. The van der Waals surface area contributed by atoms with Crippen LogP contribution in [-0.4, -0.2) is 15.5 Å². The fraction of sp³-hybridized carbons (Fsp3) is 0.700. The Morgan fingerprint density at radius 1 is 1.43 bits per heavy atom. The molecule has 0 saturated carbocycles. The van der Waals surface area contributed by atoms with Crippen molar-refractivity contribution in [1.82, 2.24) is 9.78 Å². The van der Waals surface area contributed by atoms with Gasteiger partial charge in [-0.1, -0.05) is 13.3 Å². The van der Waals surface area contributed by atoms with Gasteiger partial charge in [-0.25, -0.2) is 0 Å². The molecule has 0 bridgehead atoms. The van der Waals surface area contributed by atoms with Crippen molar-refractivity contribution in [1.29, 1.82) is 0 Å². The van der Waals surface area contributed by atoms with E-state index in [1.165, 1.54) is 12.8 Å². The summed E-state index contributed by atoms with van der Waals surface area (Å²) in [7, 11) is 0. The van der Waals surface area contributed by atoms with Gasteiger partial charge in [0.1, 0.15) is 5.03 Å². The van der Waals surface area contributed by atoms with E-state index < -0.39 is 0 Å². The Kier molecular flexibility index (Phi) is 4.32. The maximum Gasteiger partial charge on any atom is 0.117 e. The first-order chi connectivity index (χ1) is 6.70. The molecule has 0 unspecified atom stereocenters. The van der Waals surface area contributed by atoms with Crippen LogP contribution in [0.2, 0.25) is 0 Å². The standard InChI is InChI=1S/C10H19N3S/c1-4-6-7-14-10-9(11)8(3)12-13(10)5-2/h4-7,11H2,1-3H3. The predicted molar refractivity (Wildman–Crippen MR) is 62.7 cm³/mol. The number of rotatable bonds is 5. The van der Waals surface area contributed by atoms with Crippen molar-refractivity contribution in [3.05, 3.63) is 5.69 Å². The molecule has 0 radical (unpaired) electrons. The van der Waals surface area contributed by atoms with Crippen molar-refractivity contribution in [2.45, 2.75) is 45.2 Å². The molecule has 14 heavy (non-hydrogen) atoms. The topological polar surface area (TPSA) is 43.8 Å². The van der Waals surface area contributed by atoms with Crippen LogP contribution in [0.25, 0.3) is 0 Å². The summed E-state index contributed by atoms with van der Waals surface area (Å²) in [6, 6.07) is 0. The number of aromatic nitrogens is 2. The van der Waals surface area contributed by atoms with E-state index in [0.717, 1.165) is 28.7 Å². The molecule has 3 nitrogen and oxygen atoms in total. The zero-order valence-corrected chi connectivity index (χ0v) is 10.0. The Morgan fingerprint density at radius 3 is 2.71 bits per heavy atom. The average molecular weight is 213 g/mol. The Hall–Kier alpha value is -0.640. The van der Waals surface area contributed by atoms with Gasteiger partial charge in [0.2, 0.25) is 0 Å². The smallest absolute Gasteiger partial charge is 0.117 e. The Morgan fingerprint density at radius 2 is 2.14 bits per heavy atom. The van der Waals surface area contributed by atoms with Gasteiger partial charge in [-0.15, -0.1) is 11.8 Å². The summed E-state index contributed by atoms with van der Waals surface area (Å²) in [4.78, 5) is 0. The monoisotopic (exact) mass is 213 g/mol. The van der Waals surface area contributed by atoms with Crippen LogP contribution in [0.4, 0.5) is 5.69 Å². The van der Waals surface area contributed by atoms with Crippen LogP contribution in [0.15, 0.2) is 5.03 Å². The summed E-state index contributed by atoms with van der Waals surface area (Å²) in [6.07, 6.45) is 2.46. The molecule has 4 heteroatoms. The lowest BCUT2D eigenvalue weighted by Crippen LogP contribution is -1.99. The number of unbranched alkanes of at least 4 members (excludes halogenated alkanes) is 1. The van der Waals surface area contributed by atoms with Crippen LogP contribution in [0, 0.1) is 6.92 Å². The third-order valence-electron chi connectivity index (χ3n) is 2.16. The molecule has 0 aliphatic rings. The minimum absolute atomic E-state index is 0.855. The number of nitrogens with zero attached hydrogens (tertiary/aromatic N) is 2. The van der Waals surface area contributed by atoms with Crippen LogP contribution < -0.4 is 5.73 Å². The van der Waals surface area contributed by atoms with Crippen molar-refractivity contribution < 1.29 is 0 Å². The second-order valence-corrected chi connectivity index (χ2v) is 4.41. The summed E-state index contributed by atoms with van der Waals surface area (Å²) in [5, 5.41) is 5.52. The zero-order valence-electron chi connectivity index (χ0n) is 9.21. The van der Waals surface area contributed by atoms with E-state index in [-0.39, 0.29) is 0 Å². The fourth-order valence-electron chi connectivity index (χ4n) is 1.25. The van der Waals surface area contributed by atoms with Crippen LogP contribution >= 0.6 is 11.8 Å². The first-order valence-electron chi connectivity index (χ1n) is 5.16. The highest BCUT2D eigenvalue weighted by molar-refractivity contribution is 7.99. The summed E-state index contributed by atoms with van der Waals surface area (Å²) < 4.78 is 1.99. The van der Waals surface area contributed by atoms with Crippen molar-refractivity contribution in [3.63, 3.8) is 0 Å². The number of thioether (sulfide) groups is 1. The zero-order chi connectivity index (χ0) is 10.6. The van der Waals surface area contributed by atoms with Gasteiger partial charge in [0.05, 0.1) is 11.4 Å². The van der Waals surface area contributed by atoms with Crippen molar-refractivity contribution >= 4 is 17.4 Å². The van der Waals surface area contributed by atoms with Crippen LogP contribution in [0.1, 0.15) is 32.4 Å². The maximum atomic E-state index is 5.96. The molecule has 0 saturated heterocycles. The van der Waals surface area contributed by atoms with E-state index in [1.807, 2.05) is 23.4 Å². The van der Waals surface area contributed by atoms with E-state index in [0.29, 0.717) is 0 Å². The van der Waals surface area contributed by atoms with Gasteiger partial charge in [0.15, 0.2) is 0 Å². The molecule has 0 aliphatic carbocycles. The molecule has 1 rings (SSSR count). The molecular weight excluding hydrogens is 194 g/mol. The Labute approximate surface area is 90.1 Å². The van der Waals surface area contributed by atoms with Gasteiger partial charge in [-0.3, -0.25) is 4.68 Å². The number of anilines is 1. The lowest BCUT2D eigenvalue weighted by Gasteiger charge is -2.04. The third-order valence-corrected chi connectivity index (χ3v) is 3.36. The largest absolute Gasteiger partial charge is 0.395 e. The van der Waals surface area contributed by atoms with Crippen LogP contribution in [0.5, 0.6) is 0 Å². The molecule has 0 amide bonds. The second kappa shape index (κ2) is 5.29. The first-order valence-corrected chi connectivity index (χ1v) is 6.14.